The number of halogens is 3. The van der Waals surface area contributed by atoms with Gasteiger partial charge in [0.05, 0.1) is 5.41 Å². The van der Waals surface area contributed by atoms with Gasteiger partial charge in [-0.15, -0.1) is 0 Å². The molecule has 4 aliphatic rings. The summed E-state index contributed by atoms with van der Waals surface area (Å²) in [5, 5.41) is 8.80. The molecular weight excluding hydrogens is 319 g/mol. The van der Waals surface area contributed by atoms with Gasteiger partial charge in [0.15, 0.2) is 0 Å². The molecule has 128 valence electrons. The molecule has 1 aliphatic heterocycles. The van der Waals surface area contributed by atoms with E-state index >= 15 is 0 Å². The maximum absolute atomic E-state index is 12.0. The van der Waals surface area contributed by atoms with Crippen LogP contribution in [-0.2, 0) is 9.59 Å². The third kappa shape index (κ3) is 2.59. The lowest BCUT2D eigenvalue weighted by molar-refractivity contribution is -0.246. The molecule has 0 spiro atoms. The Hall–Kier alpha value is -2.00. The van der Waals surface area contributed by atoms with E-state index in [-0.39, 0.29) is 11.3 Å². The highest BCUT2D eigenvalue weighted by atomic mass is 19.4. The number of nitrogens with one attached hydrogen (secondary N) is 2. The number of likely N-dealkylation sites (tertiary alicyclic amines) is 1. The molecule has 1 saturated heterocycles. The van der Waals surface area contributed by atoms with Crippen LogP contribution in [0.1, 0.15) is 25.7 Å². The summed E-state index contributed by atoms with van der Waals surface area (Å²) in [6.07, 6.45) is -5.42. The van der Waals surface area contributed by atoms with Crippen molar-refractivity contribution in [2.24, 2.45) is 16.7 Å². The minimum atomic E-state index is -4.62. The zero-order chi connectivity index (χ0) is 17.0. The van der Waals surface area contributed by atoms with Gasteiger partial charge < -0.3 is 10.0 Å². The van der Waals surface area contributed by atoms with Crippen molar-refractivity contribution >= 4 is 17.9 Å². The van der Waals surface area contributed by atoms with Crippen molar-refractivity contribution < 1.29 is 32.7 Å². The highest BCUT2D eigenvalue weighted by Crippen LogP contribution is 2.77. The Bertz CT molecular complexity index is 552. The molecular formula is C13H16F3N3O4. The predicted molar refractivity (Wildman–Crippen MR) is 68.8 cm³/mol. The summed E-state index contributed by atoms with van der Waals surface area (Å²) < 4.78 is 36.0. The number of amides is 3. The van der Waals surface area contributed by atoms with Crippen LogP contribution in [-0.4, -0.2) is 47.2 Å². The molecule has 0 radical (unpaired) electrons. The molecule has 0 atom stereocenters. The van der Waals surface area contributed by atoms with Crippen LogP contribution >= 0.6 is 0 Å². The second kappa shape index (κ2) is 4.75. The standard InChI is InChI=1S/C13H16F3N3O4/c14-13(15,16)1-8(20)17-18-9(21)12-4-11(5-12,6-12)7-2-19(3-7)10(22)23/h7H,1-6H2,(H,17,20)(H,18,21)(H,22,23). The van der Waals surface area contributed by atoms with E-state index in [0.29, 0.717) is 32.4 Å². The molecule has 7 nitrogen and oxygen atoms in total. The molecule has 0 unspecified atom stereocenters. The van der Waals surface area contributed by atoms with Gasteiger partial charge in [-0.25, -0.2) is 4.79 Å². The number of hydrazine groups is 1. The average Bonchev–Trinajstić information content (AvgIpc) is 2.22. The highest BCUT2D eigenvalue weighted by molar-refractivity contribution is 5.88. The minimum absolute atomic E-state index is 0.0146. The first-order valence-corrected chi connectivity index (χ1v) is 7.19. The van der Waals surface area contributed by atoms with Gasteiger partial charge in [-0.05, 0) is 24.7 Å². The first-order chi connectivity index (χ1) is 10.6. The molecule has 0 aromatic heterocycles. The van der Waals surface area contributed by atoms with Crippen molar-refractivity contribution in [3.8, 4) is 0 Å². The van der Waals surface area contributed by atoms with Crippen LogP contribution in [0.5, 0.6) is 0 Å². The zero-order valence-corrected chi connectivity index (χ0v) is 12.1. The molecule has 4 fully saturated rings. The third-order valence-corrected chi connectivity index (χ3v) is 5.25. The van der Waals surface area contributed by atoms with Gasteiger partial charge in [-0.2, -0.15) is 13.2 Å². The van der Waals surface area contributed by atoms with E-state index in [1.54, 1.807) is 5.43 Å². The summed E-state index contributed by atoms with van der Waals surface area (Å²) in [4.78, 5) is 35.1. The minimum Gasteiger partial charge on any atom is -0.465 e. The summed E-state index contributed by atoms with van der Waals surface area (Å²) in [5.41, 5.74) is 3.22. The van der Waals surface area contributed by atoms with Crippen molar-refractivity contribution in [2.45, 2.75) is 31.9 Å². The Balaban J connectivity index is 1.41. The third-order valence-electron chi connectivity index (χ3n) is 5.25. The maximum Gasteiger partial charge on any atom is 0.407 e. The lowest BCUT2D eigenvalue weighted by Crippen LogP contribution is -2.75. The van der Waals surface area contributed by atoms with Crippen molar-refractivity contribution in [1.82, 2.24) is 15.8 Å². The first kappa shape index (κ1) is 15.9. The zero-order valence-electron chi connectivity index (χ0n) is 12.1. The van der Waals surface area contributed by atoms with Crippen LogP contribution in [0.4, 0.5) is 18.0 Å². The molecule has 10 heteroatoms. The van der Waals surface area contributed by atoms with Crippen LogP contribution in [0.2, 0.25) is 0 Å². The fraction of sp³-hybridized carbons (Fsp3) is 0.769. The molecule has 3 amide bonds. The van der Waals surface area contributed by atoms with E-state index in [1.165, 1.54) is 4.90 Å². The summed E-state index contributed by atoms with van der Waals surface area (Å²) in [5.74, 6) is -1.53. The van der Waals surface area contributed by atoms with Crippen LogP contribution in [0.3, 0.4) is 0 Å². The monoisotopic (exact) mass is 335 g/mol. The van der Waals surface area contributed by atoms with Crippen LogP contribution in [0.25, 0.3) is 0 Å². The number of carbonyl (C=O) groups is 3. The maximum atomic E-state index is 12.0. The first-order valence-electron chi connectivity index (χ1n) is 7.19. The van der Waals surface area contributed by atoms with E-state index in [4.69, 9.17) is 5.11 Å². The largest absolute Gasteiger partial charge is 0.465 e. The second-order valence-electron chi connectivity index (χ2n) is 6.85. The van der Waals surface area contributed by atoms with E-state index in [0.717, 1.165) is 0 Å². The van der Waals surface area contributed by atoms with E-state index in [9.17, 15) is 27.6 Å². The van der Waals surface area contributed by atoms with Gasteiger partial charge in [0.25, 0.3) is 0 Å². The average molecular weight is 335 g/mol. The van der Waals surface area contributed by atoms with Crippen molar-refractivity contribution in [2.75, 3.05) is 13.1 Å². The number of rotatable bonds is 3. The van der Waals surface area contributed by atoms with Crippen LogP contribution < -0.4 is 10.9 Å². The molecule has 3 aliphatic carbocycles. The number of hydrogen-bond acceptors (Lipinski definition) is 3. The van der Waals surface area contributed by atoms with E-state index in [2.05, 4.69) is 5.43 Å². The van der Waals surface area contributed by atoms with Gasteiger partial charge in [-0.3, -0.25) is 20.4 Å². The highest BCUT2D eigenvalue weighted by Gasteiger charge is 2.74. The van der Waals surface area contributed by atoms with Crippen LogP contribution in [0, 0.1) is 16.7 Å². The van der Waals surface area contributed by atoms with Crippen LogP contribution in [0.15, 0.2) is 0 Å². The van der Waals surface area contributed by atoms with Gasteiger partial charge in [-0.1, -0.05) is 0 Å². The second-order valence-corrected chi connectivity index (χ2v) is 6.85. The molecule has 4 rings (SSSR count). The van der Waals surface area contributed by atoms with E-state index in [1.807, 2.05) is 0 Å². The number of carboxylic acid groups (broad SMARTS) is 1. The smallest absolute Gasteiger partial charge is 0.407 e. The Morgan fingerprint density at radius 2 is 1.70 bits per heavy atom. The van der Waals surface area contributed by atoms with Gasteiger partial charge >= 0.3 is 12.3 Å². The Morgan fingerprint density at radius 3 is 2.17 bits per heavy atom. The van der Waals surface area contributed by atoms with Gasteiger partial charge in [0.2, 0.25) is 11.8 Å². The number of nitrogens with zero attached hydrogens (tertiary/aromatic N) is 1. The molecule has 2 bridgehead atoms. The summed E-state index contributed by atoms with van der Waals surface area (Å²) >= 11 is 0. The molecule has 23 heavy (non-hydrogen) atoms. The Kier molecular flexibility index (Phi) is 3.28. The van der Waals surface area contributed by atoms with Crippen molar-refractivity contribution in [3.63, 3.8) is 0 Å². The van der Waals surface area contributed by atoms with Gasteiger partial charge in [0.1, 0.15) is 6.42 Å². The lowest BCUT2D eigenvalue weighted by atomic mass is 9.31. The summed E-state index contributed by atoms with van der Waals surface area (Å²) in [6, 6.07) is 0. The summed E-state index contributed by atoms with van der Waals surface area (Å²) in [6.45, 7) is 0.935. The fourth-order valence-electron chi connectivity index (χ4n) is 4.05. The molecule has 0 aromatic carbocycles. The fourth-order valence-corrected chi connectivity index (χ4v) is 4.05. The molecule has 0 aromatic rings. The number of hydrogen-bond donors (Lipinski definition) is 3. The molecule has 3 saturated carbocycles. The number of alkyl halides is 3. The van der Waals surface area contributed by atoms with E-state index < -0.39 is 35.9 Å². The Labute approximate surface area is 129 Å². The Morgan fingerprint density at radius 1 is 1.13 bits per heavy atom. The summed E-state index contributed by atoms with van der Waals surface area (Å²) in [7, 11) is 0. The quantitative estimate of drug-likeness (QED) is 0.666. The van der Waals surface area contributed by atoms with Gasteiger partial charge in [0, 0.05) is 19.0 Å². The normalized spacial score (nSPS) is 32.2. The lowest BCUT2D eigenvalue weighted by Gasteiger charge is -2.74. The van der Waals surface area contributed by atoms with Crippen molar-refractivity contribution in [1.29, 1.82) is 0 Å². The predicted octanol–water partition coefficient (Wildman–Crippen LogP) is 0.866. The molecule has 3 N–H and O–H groups in total. The van der Waals surface area contributed by atoms with Crippen molar-refractivity contribution in [3.05, 3.63) is 0 Å². The SMILES string of the molecule is O=C(CC(F)(F)F)NNC(=O)C12CC(C3CN(C(=O)O)C3)(C1)C2. The number of carbonyl (C=O) groups excluding carboxylic acids is 2. The topological polar surface area (TPSA) is 98.7 Å². The molecule has 1 heterocycles.